The van der Waals surface area contributed by atoms with Gasteiger partial charge in [0.2, 0.25) is 5.91 Å². The zero-order valence-electron chi connectivity index (χ0n) is 12.4. The van der Waals surface area contributed by atoms with Crippen LogP contribution in [0.25, 0.3) is 0 Å². The van der Waals surface area contributed by atoms with Crippen molar-refractivity contribution in [2.75, 3.05) is 39.4 Å². The molecular weight excluding hydrogens is 274 g/mol. The summed E-state index contributed by atoms with van der Waals surface area (Å²) in [5.41, 5.74) is 5.23. The topological polar surface area (TPSA) is 58.8 Å². The Morgan fingerprint density at radius 2 is 1.75 bits per heavy atom. The molecule has 2 N–H and O–H groups in total. The molecule has 0 spiro atoms. The molecule has 0 aromatic carbocycles. The molecule has 114 valence electrons. The van der Waals surface area contributed by atoms with Crippen molar-refractivity contribution in [1.82, 2.24) is 9.80 Å². The van der Waals surface area contributed by atoms with Crippen LogP contribution in [-0.4, -0.2) is 66.1 Å². The molecule has 0 atom stereocenters. The third-order valence-corrected chi connectivity index (χ3v) is 4.95. The maximum absolute atomic E-state index is 12.9. The predicted molar refractivity (Wildman–Crippen MR) is 82.6 cm³/mol. The minimum atomic E-state index is -0.673. The van der Waals surface area contributed by atoms with E-state index in [-0.39, 0.29) is 5.91 Å². The molecule has 0 aromatic rings. The lowest BCUT2D eigenvalue weighted by atomic mass is 9.78. The van der Waals surface area contributed by atoms with E-state index in [0.717, 1.165) is 26.2 Å². The molecule has 5 nitrogen and oxygen atoms in total. The van der Waals surface area contributed by atoms with Crippen molar-refractivity contribution in [3.8, 4) is 0 Å². The molecule has 2 saturated heterocycles. The first-order chi connectivity index (χ1) is 9.47. The normalized spacial score (nSPS) is 23.9. The van der Waals surface area contributed by atoms with Gasteiger partial charge in [0, 0.05) is 45.4 Å². The molecule has 0 unspecified atom stereocenters. The second-order valence-corrected chi connectivity index (χ2v) is 6.42. The number of amides is 1. The minimum absolute atomic E-state index is 0.108. The van der Waals surface area contributed by atoms with E-state index < -0.39 is 5.41 Å². The lowest BCUT2D eigenvalue weighted by Gasteiger charge is -2.43. The average Bonchev–Trinajstić information content (AvgIpc) is 2.47. The molecule has 0 aromatic heterocycles. The van der Waals surface area contributed by atoms with Gasteiger partial charge in [-0.15, -0.1) is 0 Å². The van der Waals surface area contributed by atoms with E-state index >= 15 is 0 Å². The van der Waals surface area contributed by atoms with Crippen LogP contribution in [0.1, 0.15) is 26.7 Å². The SMILES string of the molecule is CC(C)N1CCN(C(=O)C2(C(N)=S)CCOCC2)CC1. The van der Waals surface area contributed by atoms with E-state index in [9.17, 15) is 4.79 Å². The Kier molecular flexibility index (Phi) is 4.99. The molecule has 0 radical (unpaired) electrons. The van der Waals surface area contributed by atoms with Gasteiger partial charge in [-0.25, -0.2) is 0 Å². The van der Waals surface area contributed by atoms with Crippen molar-refractivity contribution in [2.24, 2.45) is 11.1 Å². The van der Waals surface area contributed by atoms with E-state index in [0.29, 0.717) is 37.1 Å². The lowest BCUT2D eigenvalue weighted by Crippen LogP contribution is -2.58. The summed E-state index contributed by atoms with van der Waals surface area (Å²) >= 11 is 5.20. The van der Waals surface area contributed by atoms with Crippen LogP contribution >= 0.6 is 12.2 Å². The highest BCUT2D eigenvalue weighted by atomic mass is 32.1. The van der Waals surface area contributed by atoms with E-state index in [2.05, 4.69) is 18.7 Å². The third kappa shape index (κ3) is 2.97. The molecule has 2 aliphatic rings. The van der Waals surface area contributed by atoms with Crippen molar-refractivity contribution in [2.45, 2.75) is 32.7 Å². The van der Waals surface area contributed by atoms with Gasteiger partial charge in [0.05, 0.1) is 4.99 Å². The smallest absolute Gasteiger partial charge is 0.235 e. The van der Waals surface area contributed by atoms with E-state index in [1.54, 1.807) is 0 Å². The van der Waals surface area contributed by atoms with Crippen molar-refractivity contribution in [1.29, 1.82) is 0 Å². The molecular formula is C14H25N3O2S. The zero-order valence-corrected chi connectivity index (χ0v) is 13.2. The number of nitrogens with zero attached hydrogens (tertiary/aromatic N) is 2. The van der Waals surface area contributed by atoms with E-state index in [1.807, 2.05) is 4.90 Å². The van der Waals surface area contributed by atoms with Crippen molar-refractivity contribution in [3.63, 3.8) is 0 Å². The summed E-state index contributed by atoms with van der Waals surface area (Å²) in [6.45, 7) is 8.88. The molecule has 0 saturated carbocycles. The zero-order chi connectivity index (χ0) is 14.8. The van der Waals surface area contributed by atoms with E-state index in [4.69, 9.17) is 22.7 Å². The maximum Gasteiger partial charge on any atom is 0.235 e. The number of piperazine rings is 1. The molecule has 0 aliphatic carbocycles. The van der Waals surface area contributed by atoms with Gasteiger partial charge in [0.15, 0.2) is 0 Å². The highest BCUT2D eigenvalue weighted by Gasteiger charge is 2.45. The van der Waals surface area contributed by atoms with Gasteiger partial charge in [-0.3, -0.25) is 9.69 Å². The van der Waals surface area contributed by atoms with Crippen LogP contribution in [0.3, 0.4) is 0 Å². The summed E-state index contributed by atoms with van der Waals surface area (Å²) in [4.78, 5) is 17.5. The maximum atomic E-state index is 12.9. The molecule has 2 fully saturated rings. The number of carbonyl (C=O) groups is 1. The van der Waals surface area contributed by atoms with Crippen LogP contribution in [0.5, 0.6) is 0 Å². The van der Waals surface area contributed by atoms with Crippen LogP contribution < -0.4 is 5.73 Å². The fraction of sp³-hybridized carbons (Fsp3) is 0.857. The molecule has 20 heavy (non-hydrogen) atoms. The molecule has 2 heterocycles. The summed E-state index contributed by atoms with van der Waals surface area (Å²) in [7, 11) is 0. The monoisotopic (exact) mass is 299 g/mol. The highest BCUT2D eigenvalue weighted by molar-refractivity contribution is 7.80. The van der Waals surface area contributed by atoms with Crippen LogP contribution in [0.2, 0.25) is 0 Å². The highest BCUT2D eigenvalue weighted by Crippen LogP contribution is 2.33. The van der Waals surface area contributed by atoms with Crippen molar-refractivity contribution < 1.29 is 9.53 Å². The number of ether oxygens (including phenoxy) is 1. The first-order valence-corrected chi connectivity index (χ1v) is 7.79. The fourth-order valence-electron chi connectivity index (χ4n) is 3.03. The fourth-order valence-corrected chi connectivity index (χ4v) is 3.32. The van der Waals surface area contributed by atoms with Gasteiger partial charge in [-0.1, -0.05) is 12.2 Å². The van der Waals surface area contributed by atoms with Crippen LogP contribution in [0.4, 0.5) is 0 Å². The number of hydrogen-bond acceptors (Lipinski definition) is 4. The molecule has 2 rings (SSSR count). The van der Waals surface area contributed by atoms with Gasteiger partial charge >= 0.3 is 0 Å². The summed E-state index contributed by atoms with van der Waals surface area (Å²) in [5.74, 6) is 0.108. The number of nitrogens with two attached hydrogens (primary N) is 1. The Morgan fingerprint density at radius 1 is 1.20 bits per heavy atom. The van der Waals surface area contributed by atoms with Crippen molar-refractivity contribution in [3.05, 3.63) is 0 Å². The second-order valence-electron chi connectivity index (χ2n) is 5.98. The average molecular weight is 299 g/mol. The Balaban J connectivity index is 2.04. The van der Waals surface area contributed by atoms with Crippen LogP contribution in [0.15, 0.2) is 0 Å². The lowest BCUT2D eigenvalue weighted by molar-refractivity contribution is -0.144. The van der Waals surface area contributed by atoms with Crippen LogP contribution in [-0.2, 0) is 9.53 Å². The van der Waals surface area contributed by atoms with Gasteiger partial charge in [-0.05, 0) is 26.7 Å². The summed E-state index contributed by atoms with van der Waals surface area (Å²) < 4.78 is 5.37. The number of rotatable bonds is 3. The number of thiocarbonyl (C=S) groups is 1. The quantitative estimate of drug-likeness (QED) is 0.774. The molecule has 2 aliphatic heterocycles. The third-order valence-electron chi connectivity index (χ3n) is 4.56. The summed E-state index contributed by atoms with van der Waals surface area (Å²) in [6.07, 6.45) is 1.23. The standard InChI is InChI=1S/C14H25N3O2S/c1-11(2)16-5-7-17(8-6-16)13(18)14(12(15)20)3-9-19-10-4-14/h11H,3-10H2,1-2H3,(H2,15,20). The molecule has 0 bridgehead atoms. The van der Waals surface area contributed by atoms with Crippen molar-refractivity contribution >= 4 is 23.1 Å². The second kappa shape index (κ2) is 6.37. The predicted octanol–water partition coefficient (Wildman–Crippen LogP) is 0.622. The number of hydrogen-bond donors (Lipinski definition) is 1. The van der Waals surface area contributed by atoms with Gasteiger partial charge in [0.25, 0.3) is 0 Å². The molecule has 1 amide bonds. The summed E-state index contributed by atoms with van der Waals surface area (Å²) in [5, 5.41) is 0. The summed E-state index contributed by atoms with van der Waals surface area (Å²) in [6, 6.07) is 0.528. The Hall–Kier alpha value is -0.720. The minimum Gasteiger partial charge on any atom is -0.392 e. The largest absolute Gasteiger partial charge is 0.392 e. The number of carbonyl (C=O) groups excluding carboxylic acids is 1. The Morgan fingerprint density at radius 3 is 2.20 bits per heavy atom. The Bertz CT molecular complexity index is 373. The first kappa shape index (κ1) is 15.7. The first-order valence-electron chi connectivity index (χ1n) is 7.38. The van der Waals surface area contributed by atoms with Crippen LogP contribution in [0, 0.1) is 5.41 Å². The van der Waals surface area contributed by atoms with E-state index in [1.165, 1.54) is 0 Å². The Labute approximate surface area is 126 Å². The van der Waals surface area contributed by atoms with Gasteiger partial charge in [-0.2, -0.15) is 0 Å². The molecule has 6 heteroatoms. The van der Waals surface area contributed by atoms with Gasteiger partial charge in [0.1, 0.15) is 5.41 Å². The van der Waals surface area contributed by atoms with Gasteiger partial charge < -0.3 is 15.4 Å².